The molecule has 7 heteroatoms. The SMILES string of the molecule is OCC#Cc1cc2c(Oc3cn(C4CC4)nc3C3CCOCC3)ccnc2[nH]1. The number of hydrogen-bond donors (Lipinski definition) is 2. The average Bonchev–Trinajstić information content (AvgIpc) is 3.35. The van der Waals surface area contributed by atoms with Gasteiger partial charge in [-0.25, -0.2) is 4.98 Å². The molecule has 28 heavy (non-hydrogen) atoms. The minimum atomic E-state index is -0.180. The third-order valence-electron chi connectivity index (χ3n) is 5.27. The Kier molecular flexibility index (Phi) is 4.51. The number of aromatic nitrogens is 4. The zero-order chi connectivity index (χ0) is 18.9. The molecule has 0 spiro atoms. The number of aliphatic hydroxyl groups excluding tert-OH is 1. The number of hydrogen-bond acceptors (Lipinski definition) is 5. The number of aliphatic hydroxyl groups is 1. The highest BCUT2D eigenvalue weighted by molar-refractivity contribution is 5.84. The standard InChI is InChI=1S/C21H22N4O3/c26-9-1-2-15-12-17-18(5-8-22-21(17)23-15)28-19-13-25(16-3-4-16)24-20(19)14-6-10-27-11-7-14/h5,8,12-14,16,26H,3-4,6-7,9-11H2,(H,22,23). The normalized spacial score (nSPS) is 17.5. The lowest BCUT2D eigenvalue weighted by Crippen LogP contribution is -2.15. The molecule has 1 saturated carbocycles. The van der Waals surface area contributed by atoms with Gasteiger partial charge in [0.25, 0.3) is 0 Å². The molecule has 0 bridgehead atoms. The lowest BCUT2D eigenvalue weighted by molar-refractivity contribution is 0.0839. The monoisotopic (exact) mass is 378 g/mol. The molecular formula is C21H22N4O3. The summed E-state index contributed by atoms with van der Waals surface area (Å²) >= 11 is 0. The molecule has 3 aromatic heterocycles. The van der Waals surface area contributed by atoms with E-state index in [1.807, 2.05) is 18.3 Å². The van der Waals surface area contributed by atoms with E-state index in [4.69, 9.17) is 19.7 Å². The van der Waals surface area contributed by atoms with E-state index >= 15 is 0 Å². The number of aromatic amines is 1. The van der Waals surface area contributed by atoms with Gasteiger partial charge in [0.2, 0.25) is 0 Å². The van der Waals surface area contributed by atoms with Gasteiger partial charge in [-0.2, -0.15) is 5.10 Å². The number of pyridine rings is 1. The Morgan fingerprint density at radius 3 is 2.89 bits per heavy atom. The predicted molar refractivity (Wildman–Crippen MR) is 103 cm³/mol. The highest BCUT2D eigenvalue weighted by atomic mass is 16.5. The van der Waals surface area contributed by atoms with E-state index in [0.717, 1.165) is 48.6 Å². The molecule has 144 valence electrons. The first-order valence-electron chi connectivity index (χ1n) is 9.74. The maximum absolute atomic E-state index is 8.91. The van der Waals surface area contributed by atoms with Gasteiger partial charge < -0.3 is 19.6 Å². The summed E-state index contributed by atoms with van der Waals surface area (Å²) in [4.78, 5) is 7.52. The average molecular weight is 378 g/mol. The summed E-state index contributed by atoms with van der Waals surface area (Å²) in [5.41, 5.74) is 2.43. The number of H-pyrrole nitrogens is 1. The Labute approximate surface area is 162 Å². The fraction of sp³-hybridized carbons (Fsp3) is 0.429. The molecule has 3 aromatic rings. The van der Waals surface area contributed by atoms with Crippen molar-refractivity contribution in [3.8, 4) is 23.3 Å². The predicted octanol–water partition coefficient (Wildman–Crippen LogP) is 3.12. The Bertz CT molecular complexity index is 1050. The minimum Gasteiger partial charge on any atom is -0.453 e. The fourth-order valence-electron chi connectivity index (χ4n) is 3.66. The summed E-state index contributed by atoms with van der Waals surface area (Å²) < 4.78 is 14.0. The van der Waals surface area contributed by atoms with Gasteiger partial charge in [0, 0.05) is 25.3 Å². The van der Waals surface area contributed by atoms with Crippen molar-refractivity contribution in [2.75, 3.05) is 19.8 Å². The topological polar surface area (TPSA) is 85.2 Å². The summed E-state index contributed by atoms with van der Waals surface area (Å²) in [5, 5.41) is 14.7. The van der Waals surface area contributed by atoms with Gasteiger partial charge in [0.05, 0.1) is 23.3 Å². The molecule has 0 amide bonds. The van der Waals surface area contributed by atoms with Crippen LogP contribution in [0.3, 0.4) is 0 Å². The molecule has 2 aliphatic rings. The first-order valence-corrected chi connectivity index (χ1v) is 9.74. The van der Waals surface area contributed by atoms with Crippen molar-refractivity contribution in [2.24, 2.45) is 0 Å². The van der Waals surface area contributed by atoms with E-state index in [0.29, 0.717) is 23.3 Å². The molecule has 0 unspecified atom stereocenters. The zero-order valence-corrected chi connectivity index (χ0v) is 15.5. The molecule has 1 saturated heterocycles. The fourth-order valence-corrected chi connectivity index (χ4v) is 3.66. The van der Waals surface area contributed by atoms with Crippen LogP contribution in [0.25, 0.3) is 11.0 Å². The van der Waals surface area contributed by atoms with Crippen molar-refractivity contribution >= 4 is 11.0 Å². The highest BCUT2D eigenvalue weighted by Crippen LogP contribution is 2.41. The quantitative estimate of drug-likeness (QED) is 0.682. The van der Waals surface area contributed by atoms with Crippen LogP contribution >= 0.6 is 0 Å². The smallest absolute Gasteiger partial charge is 0.168 e. The molecule has 2 fully saturated rings. The Morgan fingerprint density at radius 1 is 1.25 bits per heavy atom. The lowest BCUT2D eigenvalue weighted by atomic mass is 9.96. The second-order valence-corrected chi connectivity index (χ2v) is 7.29. The number of rotatable bonds is 4. The Balaban J connectivity index is 1.50. The van der Waals surface area contributed by atoms with Gasteiger partial charge in [-0.3, -0.25) is 4.68 Å². The van der Waals surface area contributed by atoms with E-state index in [-0.39, 0.29) is 6.61 Å². The first-order chi connectivity index (χ1) is 13.8. The van der Waals surface area contributed by atoms with E-state index in [2.05, 4.69) is 26.5 Å². The summed E-state index contributed by atoms with van der Waals surface area (Å²) in [6.07, 6.45) is 8.05. The zero-order valence-electron chi connectivity index (χ0n) is 15.5. The van der Waals surface area contributed by atoms with Crippen LogP contribution in [0.4, 0.5) is 0 Å². The summed E-state index contributed by atoms with van der Waals surface area (Å²) in [5.74, 6) is 7.43. The number of ether oxygens (including phenoxy) is 2. The Hall–Kier alpha value is -2.82. The highest BCUT2D eigenvalue weighted by Gasteiger charge is 2.30. The molecule has 4 heterocycles. The van der Waals surface area contributed by atoms with Crippen LogP contribution in [0, 0.1) is 11.8 Å². The Morgan fingerprint density at radius 2 is 2.11 bits per heavy atom. The number of fused-ring (bicyclic) bond motifs is 1. The van der Waals surface area contributed by atoms with Crippen molar-refractivity contribution in [3.05, 3.63) is 35.9 Å². The van der Waals surface area contributed by atoms with Crippen molar-refractivity contribution in [1.82, 2.24) is 19.7 Å². The van der Waals surface area contributed by atoms with E-state index in [9.17, 15) is 0 Å². The molecule has 7 nitrogen and oxygen atoms in total. The van der Waals surface area contributed by atoms with Crippen LogP contribution in [0.1, 0.15) is 49.0 Å². The van der Waals surface area contributed by atoms with Gasteiger partial charge in [0.1, 0.15) is 23.7 Å². The maximum Gasteiger partial charge on any atom is 0.168 e. The molecule has 1 aliphatic heterocycles. The summed E-state index contributed by atoms with van der Waals surface area (Å²) in [6, 6.07) is 4.27. The second-order valence-electron chi connectivity index (χ2n) is 7.29. The molecule has 2 N–H and O–H groups in total. The van der Waals surface area contributed by atoms with E-state index in [1.54, 1.807) is 6.20 Å². The van der Waals surface area contributed by atoms with Crippen LogP contribution in [0.5, 0.6) is 11.5 Å². The molecule has 0 aromatic carbocycles. The van der Waals surface area contributed by atoms with Crippen LogP contribution in [-0.4, -0.2) is 44.7 Å². The first kappa shape index (κ1) is 17.3. The molecule has 0 atom stereocenters. The van der Waals surface area contributed by atoms with E-state index in [1.165, 1.54) is 12.8 Å². The number of nitrogens with one attached hydrogen (secondary N) is 1. The van der Waals surface area contributed by atoms with Gasteiger partial charge in [-0.15, -0.1) is 0 Å². The molecule has 1 aliphatic carbocycles. The van der Waals surface area contributed by atoms with Crippen molar-refractivity contribution in [3.63, 3.8) is 0 Å². The minimum absolute atomic E-state index is 0.180. The van der Waals surface area contributed by atoms with Crippen molar-refractivity contribution in [1.29, 1.82) is 0 Å². The van der Waals surface area contributed by atoms with Crippen LogP contribution < -0.4 is 4.74 Å². The van der Waals surface area contributed by atoms with Crippen molar-refractivity contribution < 1.29 is 14.6 Å². The molecular weight excluding hydrogens is 356 g/mol. The second kappa shape index (κ2) is 7.30. The van der Waals surface area contributed by atoms with Crippen LogP contribution in [-0.2, 0) is 4.74 Å². The van der Waals surface area contributed by atoms with Gasteiger partial charge in [0.15, 0.2) is 5.75 Å². The molecule has 5 rings (SSSR count). The summed E-state index contributed by atoms with van der Waals surface area (Å²) in [6.45, 7) is 1.36. The van der Waals surface area contributed by atoms with Crippen LogP contribution in [0.15, 0.2) is 24.5 Å². The van der Waals surface area contributed by atoms with Gasteiger partial charge >= 0.3 is 0 Å². The largest absolute Gasteiger partial charge is 0.453 e. The third kappa shape index (κ3) is 3.37. The van der Waals surface area contributed by atoms with Crippen molar-refractivity contribution in [2.45, 2.75) is 37.6 Å². The van der Waals surface area contributed by atoms with E-state index < -0.39 is 0 Å². The van der Waals surface area contributed by atoms with Crippen LogP contribution in [0.2, 0.25) is 0 Å². The third-order valence-corrected chi connectivity index (χ3v) is 5.27. The lowest BCUT2D eigenvalue weighted by Gasteiger charge is -2.21. The van der Waals surface area contributed by atoms with Gasteiger partial charge in [-0.1, -0.05) is 5.92 Å². The summed E-state index contributed by atoms with van der Waals surface area (Å²) in [7, 11) is 0. The molecule has 0 radical (unpaired) electrons. The van der Waals surface area contributed by atoms with Gasteiger partial charge in [-0.05, 0) is 43.7 Å². The number of nitrogens with zero attached hydrogens (tertiary/aromatic N) is 3. The maximum atomic E-state index is 8.91.